The number of rotatable bonds is 7. The molecular weight excluding hydrogens is 589 g/mol. The van der Waals surface area contributed by atoms with Gasteiger partial charge in [0.2, 0.25) is 5.91 Å². The molecule has 1 N–H and O–H groups in total. The third-order valence-electron chi connectivity index (χ3n) is 6.96. The number of alkyl halides is 3. The molecule has 0 atom stereocenters. The number of halogens is 3. The number of carbonyl (C=O) groups excluding carboxylic acids is 2. The van der Waals surface area contributed by atoms with Crippen LogP contribution >= 0.6 is 11.8 Å². The Hall–Kier alpha value is -5.03. The molecular formula is C33H25F3N4O3S. The Bertz CT molecular complexity index is 1930. The summed E-state index contributed by atoms with van der Waals surface area (Å²) in [5.74, 6) is -1.23. The van der Waals surface area contributed by atoms with E-state index in [0.29, 0.717) is 16.5 Å². The van der Waals surface area contributed by atoms with Crippen LogP contribution in [0.2, 0.25) is 0 Å². The molecule has 2 amide bonds. The Morgan fingerprint density at radius 3 is 2.36 bits per heavy atom. The quantitative estimate of drug-likeness (QED) is 0.190. The lowest BCUT2D eigenvalue weighted by Crippen LogP contribution is -2.31. The number of para-hydroxylation sites is 2. The van der Waals surface area contributed by atoms with Crippen molar-refractivity contribution in [1.82, 2.24) is 4.57 Å². The number of aryl methyl sites for hydroxylation is 1. The van der Waals surface area contributed by atoms with Gasteiger partial charge in [0.25, 0.3) is 5.91 Å². The van der Waals surface area contributed by atoms with Crippen molar-refractivity contribution in [3.8, 4) is 5.75 Å². The average Bonchev–Trinajstić information content (AvgIpc) is 3.50. The Balaban J connectivity index is 1.24. The summed E-state index contributed by atoms with van der Waals surface area (Å²) in [6, 6.07) is 28.1. The smallest absolute Gasteiger partial charge is 0.406 e. The fourth-order valence-corrected chi connectivity index (χ4v) is 5.94. The van der Waals surface area contributed by atoms with Crippen LogP contribution in [0.5, 0.6) is 5.75 Å². The van der Waals surface area contributed by atoms with Gasteiger partial charge in [-0.15, -0.1) is 13.2 Å². The van der Waals surface area contributed by atoms with Crippen LogP contribution in [0.4, 0.5) is 24.5 Å². The molecule has 44 heavy (non-hydrogen) atoms. The van der Waals surface area contributed by atoms with Crippen LogP contribution in [-0.2, 0) is 16.1 Å². The Labute approximate surface area is 254 Å². The number of aromatic nitrogens is 1. The summed E-state index contributed by atoms with van der Waals surface area (Å²) in [7, 11) is 0. The predicted molar refractivity (Wildman–Crippen MR) is 169 cm³/mol. The normalized spacial score (nSPS) is 14.5. The number of amides is 2. The van der Waals surface area contributed by atoms with Gasteiger partial charge in [-0.25, -0.2) is 4.99 Å². The molecule has 222 valence electrons. The molecule has 1 aliphatic heterocycles. The number of ether oxygens (including phenoxy) is 1. The maximum atomic E-state index is 13.6. The number of nitrogens with one attached hydrogen (secondary N) is 1. The van der Waals surface area contributed by atoms with Crippen LogP contribution < -0.4 is 15.0 Å². The first-order valence-electron chi connectivity index (χ1n) is 13.7. The van der Waals surface area contributed by atoms with Gasteiger partial charge in [0.15, 0.2) is 5.17 Å². The monoisotopic (exact) mass is 614 g/mol. The largest absolute Gasteiger partial charge is 0.573 e. The lowest BCUT2D eigenvalue weighted by atomic mass is 10.1. The Morgan fingerprint density at radius 2 is 1.64 bits per heavy atom. The zero-order valence-corrected chi connectivity index (χ0v) is 24.2. The molecule has 0 bridgehead atoms. The summed E-state index contributed by atoms with van der Waals surface area (Å²) in [6.07, 6.45) is -3.06. The number of thioether (sulfide) groups is 1. The highest BCUT2D eigenvalue weighted by molar-refractivity contribution is 8.14. The first-order chi connectivity index (χ1) is 21.2. The number of nitrogens with zero attached hydrogens (tertiary/aromatic N) is 3. The lowest BCUT2D eigenvalue weighted by Gasteiger charge is -2.17. The molecule has 4 aromatic carbocycles. The summed E-state index contributed by atoms with van der Waals surface area (Å²) in [6.45, 7) is 2.93. The molecule has 7 nitrogen and oxygen atoms in total. The van der Waals surface area contributed by atoms with Crippen LogP contribution in [0.3, 0.4) is 0 Å². The van der Waals surface area contributed by atoms with Gasteiger partial charge in [-0.05, 0) is 73.2 Å². The molecule has 1 aliphatic rings. The van der Waals surface area contributed by atoms with Crippen molar-refractivity contribution in [2.45, 2.75) is 19.8 Å². The molecule has 0 spiro atoms. The van der Waals surface area contributed by atoms with E-state index in [4.69, 9.17) is 0 Å². The summed E-state index contributed by atoms with van der Waals surface area (Å²) < 4.78 is 43.4. The van der Waals surface area contributed by atoms with E-state index in [1.54, 1.807) is 18.2 Å². The fraction of sp³-hybridized carbons (Fsp3) is 0.121. The molecule has 0 aliphatic carbocycles. The van der Waals surface area contributed by atoms with E-state index < -0.39 is 18.0 Å². The number of hydrogen-bond donors (Lipinski definition) is 1. The standard InChI is InChI=1S/C33H25F3N4O3S/c1-2-39-28-11-7-6-10-25(28)26-18-21(12-17-29(26)39)19-27-31(42)40(23-8-4-3-5-9-23)32(38-27)44-20-30(41)37-22-13-15-24(16-14-22)43-33(34,35)36/h3-19H,2,20H2,1H3,(H,37,41). The highest BCUT2D eigenvalue weighted by atomic mass is 32.2. The molecule has 0 radical (unpaired) electrons. The van der Waals surface area contributed by atoms with Gasteiger partial charge in [-0.3, -0.25) is 14.5 Å². The van der Waals surface area contributed by atoms with E-state index in [-0.39, 0.29) is 17.4 Å². The van der Waals surface area contributed by atoms with Gasteiger partial charge in [0.05, 0.1) is 11.4 Å². The first-order valence-corrected chi connectivity index (χ1v) is 14.7. The third-order valence-corrected chi connectivity index (χ3v) is 7.90. The minimum Gasteiger partial charge on any atom is -0.406 e. The number of fused-ring (bicyclic) bond motifs is 3. The number of amidine groups is 1. The number of hydrogen-bond acceptors (Lipinski definition) is 5. The van der Waals surface area contributed by atoms with Crippen molar-refractivity contribution in [1.29, 1.82) is 0 Å². The van der Waals surface area contributed by atoms with Crippen LogP contribution in [0.25, 0.3) is 27.9 Å². The zero-order valence-electron chi connectivity index (χ0n) is 23.3. The van der Waals surface area contributed by atoms with E-state index in [2.05, 4.69) is 44.7 Å². The highest BCUT2D eigenvalue weighted by Crippen LogP contribution is 2.33. The summed E-state index contributed by atoms with van der Waals surface area (Å²) in [4.78, 5) is 32.5. The maximum absolute atomic E-state index is 13.6. The molecule has 6 rings (SSSR count). The molecule has 1 aromatic heterocycles. The van der Waals surface area contributed by atoms with E-state index in [1.165, 1.54) is 17.0 Å². The van der Waals surface area contributed by atoms with Crippen LogP contribution in [-0.4, -0.2) is 33.7 Å². The lowest BCUT2D eigenvalue weighted by molar-refractivity contribution is -0.274. The number of carbonyl (C=O) groups is 2. The van der Waals surface area contributed by atoms with Crippen molar-refractivity contribution in [2.24, 2.45) is 4.99 Å². The molecule has 11 heteroatoms. The maximum Gasteiger partial charge on any atom is 0.573 e. The van der Waals surface area contributed by atoms with Gasteiger partial charge in [-0.1, -0.05) is 54.2 Å². The molecule has 5 aromatic rings. The Kier molecular flexibility index (Phi) is 7.88. The van der Waals surface area contributed by atoms with Gasteiger partial charge in [0.1, 0.15) is 11.4 Å². The van der Waals surface area contributed by atoms with Crippen LogP contribution in [0, 0.1) is 0 Å². The van der Waals surface area contributed by atoms with E-state index in [1.807, 2.05) is 42.5 Å². The molecule has 0 fully saturated rings. The number of aliphatic imine (C=N–C) groups is 1. The highest BCUT2D eigenvalue weighted by Gasteiger charge is 2.33. The van der Waals surface area contributed by atoms with Gasteiger partial charge in [0, 0.05) is 34.0 Å². The van der Waals surface area contributed by atoms with Crippen molar-refractivity contribution >= 4 is 68.0 Å². The zero-order chi connectivity index (χ0) is 30.8. The molecule has 0 unspecified atom stereocenters. The topological polar surface area (TPSA) is 75.9 Å². The summed E-state index contributed by atoms with van der Waals surface area (Å²) >= 11 is 1.08. The molecule has 0 saturated carbocycles. The van der Waals surface area contributed by atoms with Gasteiger partial charge >= 0.3 is 6.36 Å². The van der Waals surface area contributed by atoms with Crippen molar-refractivity contribution in [3.63, 3.8) is 0 Å². The van der Waals surface area contributed by atoms with E-state index >= 15 is 0 Å². The second-order valence-corrected chi connectivity index (χ2v) is 10.8. The fourth-order valence-electron chi connectivity index (χ4n) is 5.12. The van der Waals surface area contributed by atoms with Crippen molar-refractivity contribution in [3.05, 3.63) is 108 Å². The van der Waals surface area contributed by atoms with Crippen molar-refractivity contribution < 1.29 is 27.5 Å². The predicted octanol–water partition coefficient (Wildman–Crippen LogP) is 7.83. The SMILES string of the molecule is CCn1c2ccccc2c2cc(C=C3N=C(SCC(=O)Nc4ccc(OC(F)(F)F)cc4)N(c4ccccc4)C3=O)ccc21. The Morgan fingerprint density at radius 1 is 0.932 bits per heavy atom. The van der Waals surface area contributed by atoms with Crippen molar-refractivity contribution in [2.75, 3.05) is 16.0 Å². The minimum atomic E-state index is -4.80. The van der Waals surface area contributed by atoms with Gasteiger partial charge < -0.3 is 14.6 Å². The first kappa shape index (κ1) is 29.1. The second-order valence-electron chi connectivity index (χ2n) is 9.85. The number of anilines is 2. The van der Waals surface area contributed by atoms with Crippen LogP contribution in [0.15, 0.2) is 108 Å². The van der Waals surface area contributed by atoms with Gasteiger partial charge in [-0.2, -0.15) is 0 Å². The molecule has 2 heterocycles. The average molecular weight is 615 g/mol. The minimum absolute atomic E-state index is 0.0913. The number of benzene rings is 4. The van der Waals surface area contributed by atoms with Crippen LogP contribution in [0.1, 0.15) is 12.5 Å². The van der Waals surface area contributed by atoms with E-state index in [9.17, 15) is 22.8 Å². The second kappa shape index (κ2) is 11.9. The van der Waals surface area contributed by atoms with E-state index in [0.717, 1.165) is 57.8 Å². The third kappa shape index (κ3) is 6.04. The summed E-state index contributed by atoms with van der Waals surface area (Å²) in [5, 5.41) is 5.18. The summed E-state index contributed by atoms with van der Waals surface area (Å²) in [5.41, 5.74) is 4.20. The molecule has 0 saturated heterocycles.